The van der Waals surface area contributed by atoms with Crippen LogP contribution < -0.4 is 5.32 Å². The van der Waals surface area contributed by atoms with Crippen LogP contribution in [0, 0.1) is 5.41 Å². The number of rotatable bonds is 8. The van der Waals surface area contributed by atoms with Crippen molar-refractivity contribution in [3.63, 3.8) is 0 Å². The van der Waals surface area contributed by atoms with E-state index in [1.165, 1.54) is 4.90 Å². The standard InChI is InChI=1S/C24H30ClF3N6O3S/c1-23(2,3)19(34-12-17(31-32-34)13-4-5-13)22(37)33-11-15(35)9-18(33)20(36)29-6-7-38-21-16(25)8-14(10-30-21)24(26,27)28/h8,10,12-13,15,18-19,35H,4-7,9,11H2,1-3H3,(H,29,36)/t15-,18+,19-/m1/s1. The highest BCUT2D eigenvalue weighted by Crippen LogP contribution is 2.40. The first-order valence-corrected chi connectivity index (χ1v) is 13.7. The number of pyridine rings is 1. The molecule has 1 saturated carbocycles. The maximum Gasteiger partial charge on any atom is 0.417 e. The number of thioether (sulfide) groups is 1. The first kappa shape index (κ1) is 28.6. The first-order chi connectivity index (χ1) is 17.8. The van der Waals surface area contributed by atoms with Gasteiger partial charge in [-0.2, -0.15) is 13.2 Å². The van der Waals surface area contributed by atoms with Crippen molar-refractivity contribution in [1.29, 1.82) is 0 Å². The van der Waals surface area contributed by atoms with Crippen molar-refractivity contribution in [1.82, 2.24) is 30.2 Å². The zero-order valence-corrected chi connectivity index (χ0v) is 22.8. The van der Waals surface area contributed by atoms with E-state index in [1.54, 1.807) is 10.9 Å². The minimum absolute atomic E-state index is 0.0213. The summed E-state index contributed by atoms with van der Waals surface area (Å²) in [5, 5.41) is 21.6. The number of aliphatic hydroxyl groups is 1. The molecule has 4 rings (SSSR count). The van der Waals surface area contributed by atoms with Crippen LogP contribution >= 0.6 is 23.4 Å². The molecule has 3 heterocycles. The average Bonchev–Trinajstić information content (AvgIpc) is 3.42. The van der Waals surface area contributed by atoms with Crippen molar-refractivity contribution in [2.24, 2.45) is 5.41 Å². The predicted molar refractivity (Wildman–Crippen MR) is 135 cm³/mol. The van der Waals surface area contributed by atoms with Gasteiger partial charge in [-0.3, -0.25) is 9.59 Å². The molecule has 2 aromatic rings. The molecule has 0 aromatic carbocycles. The summed E-state index contributed by atoms with van der Waals surface area (Å²) in [6, 6.07) is -0.772. The van der Waals surface area contributed by atoms with E-state index < -0.39 is 41.2 Å². The number of β-amino-alcohol motifs (C(OH)–C–C–N with tert-alkyl or cyclic N) is 1. The molecule has 0 spiro atoms. The van der Waals surface area contributed by atoms with Gasteiger partial charge in [0.2, 0.25) is 11.8 Å². The summed E-state index contributed by atoms with van der Waals surface area (Å²) in [4.78, 5) is 31.9. The number of nitrogens with one attached hydrogen (secondary N) is 1. The quantitative estimate of drug-likeness (QED) is 0.365. The summed E-state index contributed by atoms with van der Waals surface area (Å²) in [5.74, 6) is -0.0822. The van der Waals surface area contributed by atoms with Gasteiger partial charge in [0.05, 0.1) is 22.4 Å². The molecule has 2 amide bonds. The van der Waals surface area contributed by atoms with E-state index in [2.05, 4.69) is 20.6 Å². The summed E-state index contributed by atoms with van der Waals surface area (Å²) < 4.78 is 40.0. The van der Waals surface area contributed by atoms with Crippen molar-refractivity contribution in [2.75, 3.05) is 18.8 Å². The molecule has 2 N–H and O–H groups in total. The molecule has 2 aliphatic rings. The molecule has 1 aliphatic carbocycles. The summed E-state index contributed by atoms with van der Waals surface area (Å²) in [6.07, 6.45) is -0.687. The number of nitrogens with zero attached hydrogens (tertiary/aromatic N) is 5. The van der Waals surface area contributed by atoms with Crippen molar-refractivity contribution >= 4 is 35.2 Å². The lowest BCUT2D eigenvalue weighted by atomic mass is 9.85. The highest BCUT2D eigenvalue weighted by Gasteiger charge is 2.45. The van der Waals surface area contributed by atoms with Crippen LogP contribution in [0.25, 0.3) is 0 Å². The van der Waals surface area contributed by atoms with Gasteiger partial charge >= 0.3 is 6.18 Å². The zero-order valence-electron chi connectivity index (χ0n) is 21.2. The largest absolute Gasteiger partial charge is 0.417 e. The topological polar surface area (TPSA) is 113 Å². The van der Waals surface area contributed by atoms with E-state index in [0.717, 1.165) is 36.4 Å². The molecule has 38 heavy (non-hydrogen) atoms. The molecule has 9 nitrogen and oxygen atoms in total. The van der Waals surface area contributed by atoms with Crippen LogP contribution in [0.1, 0.15) is 63.3 Å². The summed E-state index contributed by atoms with van der Waals surface area (Å²) in [5.41, 5.74) is -0.624. The third-order valence-corrected chi connectivity index (χ3v) is 7.89. The number of alkyl halides is 3. The Labute approximate surface area is 227 Å². The van der Waals surface area contributed by atoms with Gasteiger partial charge in [0.25, 0.3) is 0 Å². The number of carbonyl (C=O) groups excluding carboxylic acids is 2. The Hall–Kier alpha value is -2.38. The van der Waals surface area contributed by atoms with E-state index in [1.807, 2.05) is 20.8 Å². The first-order valence-electron chi connectivity index (χ1n) is 12.3. The van der Waals surface area contributed by atoms with E-state index in [9.17, 15) is 27.9 Å². The number of hydrogen-bond acceptors (Lipinski definition) is 7. The van der Waals surface area contributed by atoms with Crippen LogP contribution in [-0.4, -0.2) is 72.8 Å². The molecule has 208 valence electrons. The summed E-state index contributed by atoms with van der Waals surface area (Å²) >= 11 is 7.04. The molecule has 3 atom stereocenters. The van der Waals surface area contributed by atoms with Gasteiger partial charge in [0, 0.05) is 43.6 Å². The number of hydrogen-bond donors (Lipinski definition) is 2. The molecule has 0 bridgehead atoms. The Morgan fingerprint density at radius 3 is 2.61 bits per heavy atom. The third-order valence-electron chi connectivity index (χ3n) is 6.48. The Morgan fingerprint density at radius 1 is 1.29 bits per heavy atom. The number of halogens is 4. The van der Waals surface area contributed by atoms with Gasteiger partial charge in [0.15, 0.2) is 0 Å². The fourth-order valence-electron chi connectivity index (χ4n) is 4.45. The zero-order chi connectivity index (χ0) is 27.8. The van der Waals surface area contributed by atoms with Gasteiger partial charge in [-0.15, -0.1) is 16.9 Å². The van der Waals surface area contributed by atoms with Crippen molar-refractivity contribution in [3.8, 4) is 0 Å². The second kappa shape index (κ2) is 11.0. The van der Waals surface area contributed by atoms with Crippen molar-refractivity contribution < 1.29 is 27.9 Å². The van der Waals surface area contributed by atoms with Gasteiger partial charge in [-0.25, -0.2) is 9.67 Å². The van der Waals surface area contributed by atoms with Crippen LogP contribution in [0.15, 0.2) is 23.5 Å². The molecule has 1 saturated heterocycles. The highest BCUT2D eigenvalue weighted by atomic mass is 35.5. The summed E-state index contributed by atoms with van der Waals surface area (Å²) in [6.45, 7) is 5.91. The van der Waals surface area contributed by atoms with E-state index in [0.29, 0.717) is 17.9 Å². The lowest BCUT2D eigenvalue weighted by molar-refractivity contribution is -0.144. The highest BCUT2D eigenvalue weighted by molar-refractivity contribution is 7.99. The Bertz CT molecular complexity index is 1180. The summed E-state index contributed by atoms with van der Waals surface area (Å²) in [7, 11) is 0. The fraction of sp³-hybridized carbons (Fsp3) is 0.625. The van der Waals surface area contributed by atoms with Gasteiger partial charge < -0.3 is 15.3 Å². The lowest BCUT2D eigenvalue weighted by Gasteiger charge is -2.34. The van der Waals surface area contributed by atoms with E-state index in [4.69, 9.17) is 11.6 Å². The molecule has 0 unspecified atom stereocenters. The van der Waals surface area contributed by atoms with Crippen LogP contribution in [0.2, 0.25) is 5.02 Å². The minimum atomic E-state index is -4.54. The second-order valence-electron chi connectivity index (χ2n) is 10.7. The molecular weight excluding hydrogens is 545 g/mol. The second-order valence-corrected chi connectivity index (χ2v) is 12.2. The van der Waals surface area contributed by atoms with Gasteiger partial charge in [-0.1, -0.05) is 37.6 Å². The lowest BCUT2D eigenvalue weighted by Crippen LogP contribution is -2.50. The molecular formula is C24H30ClF3N6O3S. The van der Waals surface area contributed by atoms with Gasteiger partial charge in [-0.05, 0) is 24.3 Å². The van der Waals surface area contributed by atoms with E-state index >= 15 is 0 Å². The molecule has 2 fully saturated rings. The van der Waals surface area contributed by atoms with Crippen LogP contribution in [-0.2, 0) is 15.8 Å². The fourth-order valence-corrected chi connectivity index (χ4v) is 5.50. The Morgan fingerprint density at radius 2 is 2.00 bits per heavy atom. The Kier molecular flexibility index (Phi) is 8.29. The normalized spacial score (nSPS) is 21.0. The van der Waals surface area contributed by atoms with Crippen molar-refractivity contribution in [3.05, 3.63) is 34.7 Å². The average molecular weight is 575 g/mol. The number of aromatic nitrogens is 4. The number of carbonyl (C=O) groups is 2. The third kappa shape index (κ3) is 6.60. The van der Waals surface area contributed by atoms with Gasteiger partial charge in [0.1, 0.15) is 17.1 Å². The van der Waals surface area contributed by atoms with E-state index in [-0.39, 0.29) is 35.5 Å². The maximum absolute atomic E-state index is 13.7. The predicted octanol–water partition coefficient (Wildman–Crippen LogP) is 3.68. The van der Waals surface area contributed by atoms with Crippen LogP contribution in [0.3, 0.4) is 0 Å². The Balaban J connectivity index is 1.38. The molecule has 1 aliphatic heterocycles. The SMILES string of the molecule is CC(C)(C)[C@@H](C(=O)N1C[C@H](O)C[C@H]1C(=O)NCCSc1ncc(C(F)(F)F)cc1Cl)n1cc(C2CC2)nn1. The molecule has 0 radical (unpaired) electrons. The maximum atomic E-state index is 13.7. The smallest absolute Gasteiger partial charge is 0.391 e. The van der Waals surface area contributed by atoms with Crippen LogP contribution in [0.5, 0.6) is 0 Å². The number of amides is 2. The van der Waals surface area contributed by atoms with Crippen molar-refractivity contribution in [2.45, 2.75) is 75.3 Å². The number of likely N-dealkylation sites (tertiary alicyclic amines) is 1. The minimum Gasteiger partial charge on any atom is -0.391 e. The number of aliphatic hydroxyl groups excluding tert-OH is 1. The monoisotopic (exact) mass is 574 g/mol. The van der Waals surface area contributed by atoms with Crippen LogP contribution in [0.4, 0.5) is 13.2 Å². The molecule has 14 heteroatoms. The molecule has 2 aromatic heterocycles.